The molecule has 0 aliphatic heterocycles. The quantitative estimate of drug-likeness (QED) is 0.366. The van der Waals surface area contributed by atoms with Crippen LogP contribution in [0.5, 0.6) is 0 Å². The zero-order valence-corrected chi connectivity index (χ0v) is 9.41. The summed E-state index contributed by atoms with van der Waals surface area (Å²) in [6.45, 7) is 4.28. The van der Waals surface area contributed by atoms with Crippen molar-refractivity contribution in [3.8, 4) is 11.8 Å². The minimum atomic E-state index is -0.373. The largest absolute Gasteiger partial charge is 0.384 e. The molecule has 84 valence electrons. The van der Waals surface area contributed by atoms with Crippen molar-refractivity contribution in [1.82, 2.24) is 0 Å². The molecule has 0 heterocycles. The molecule has 1 N–H and O–H groups in total. The highest BCUT2D eigenvalue weighted by molar-refractivity contribution is 5.53. The van der Waals surface area contributed by atoms with Gasteiger partial charge in [0.05, 0.1) is 4.92 Å². The third-order valence-corrected chi connectivity index (χ3v) is 2.15. The molecule has 0 aliphatic rings. The van der Waals surface area contributed by atoms with Crippen LogP contribution in [0, 0.1) is 28.9 Å². The van der Waals surface area contributed by atoms with Gasteiger partial charge in [0.15, 0.2) is 0 Å². The van der Waals surface area contributed by atoms with Crippen LogP contribution in [-0.4, -0.2) is 11.5 Å². The summed E-state index contributed by atoms with van der Waals surface area (Å²) >= 11 is 0. The lowest BCUT2D eigenvalue weighted by atomic mass is 10.2. The van der Waals surface area contributed by atoms with Gasteiger partial charge in [0, 0.05) is 30.3 Å². The summed E-state index contributed by atoms with van der Waals surface area (Å²) in [5.41, 5.74) is 1.71. The van der Waals surface area contributed by atoms with E-state index in [-0.39, 0.29) is 10.6 Å². The number of aryl methyl sites for hydroxylation is 1. The van der Waals surface area contributed by atoms with Gasteiger partial charge < -0.3 is 5.32 Å². The van der Waals surface area contributed by atoms with Gasteiger partial charge in [0.2, 0.25) is 0 Å². The van der Waals surface area contributed by atoms with Crippen molar-refractivity contribution in [2.24, 2.45) is 0 Å². The third kappa shape index (κ3) is 3.28. The summed E-state index contributed by atoms with van der Waals surface area (Å²) < 4.78 is 0. The van der Waals surface area contributed by atoms with Crippen molar-refractivity contribution < 1.29 is 4.92 Å². The molecule has 0 fully saturated rings. The monoisotopic (exact) mass is 218 g/mol. The average Bonchev–Trinajstić information content (AvgIpc) is 2.24. The molecular weight excluding hydrogens is 204 g/mol. The summed E-state index contributed by atoms with van der Waals surface area (Å²) in [5, 5.41) is 13.8. The van der Waals surface area contributed by atoms with Crippen LogP contribution >= 0.6 is 0 Å². The number of nitrogens with zero attached hydrogens (tertiary/aromatic N) is 1. The molecule has 0 saturated heterocycles. The first-order valence-corrected chi connectivity index (χ1v) is 5.03. The normalized spacial score (nSPS) is 9.12. The number of nitro benzene ring substituents is 1. The maximum Gasteiger partial charge on any atom is 0.272 e. The molecule has 16 heavy (non-hydrogen) atoms. The Balaban J connectivity index is 2.65. The Morgan fingerprint density at radius 1 is 1.50 bits per heavy atom. The predicted molar refractivity (Wildman–Crippen MR) is 64.4 cm³/mol. The van der Waals surface area contributed by atoms with Gasteiger partial charge in [-0.25, -0.2) is 0 Å². The second-order valence-electron chi connectivity index (χ2n) is 3.36. The fourth-order valence-electron chi connectivity index (χ4n) is 1.36. The van der Waals surface area contributed by atoms with E-state index in [2.05, 4.69) is 17.2 Å². The molecule has 1 aromatic rings. The van der Waals surface area contributed by atoms with Gasteiger partial charge in [-0.05, 0) is 26.0 Å². The maximum atomic E-state index is 10.6. The molecule has 0 unspecified atom stereocenters. The van der Waals surface area contributed by atoms with Crippen LogP contribution in [0.15, 0.2) is 18.2 Å². The van der Waals surface area contributed by atoms with E-state index in [0.717, 1.165) is 18.7 Å². The second kappa shape index (κ2) is 5.76. The maximum absolute atomic E-state index is 10.6. The van der Waals surface area contributed by atoms with Crippen molar-refractivity contribution in [3.05, 3.63) is 33.9 Å². The zero-order valence-electron chi connectivity index (χ0n) is 9.41. The summed E-state index contributed by atoms with van der Waals surface area (Å²) in [5.74, 6) is 5.75. The fraction of sp³-hybridized carbons (Fsp3) is 0.333. The molecule has 1 aromatic carbocycles. The Morgan fingerprint density at radius 3 is 2.81 bits per heavy atom. The summed E-state index contributed by atoms with van der Waals surface area (Å²) in [7, 11) is 0. The Labute approximate surface area is 94.8 Å². The minimum Gasteiger partial charge on any atom is -0.384 e. The number of nitrogens with one attached hydrogen (secondary N) is 1. The number of hydrogen-bond acceptors (Lipinski definition) is 3. The van der Waals surface area contributed by atoms with Gasteiger partial charge in [0.25, 0.3) is 5.69 Å². The van der Waals surface area contributed by atoms with Crippen LogP contribution in [0.25, 0.3) is 0 Å². The van der Waals surface area contributed by atoms with Crippen LogP contribution in [-0.2, 0) is 0 Å². The molecule has 0 spiro atoms. The first kappa shape index (κ1) is 12.1. The molecule has 0 amide bonds. The topological polar surface area (TPSA) is 55.2 Å². The van der Waals surface area contributed by atoms with E-state index in [9.17, 15) is 10.1 Å². The van der Waals surface area contributed by atoms with E-state index < -0.39 is 0 Å². The van der Waals surface area contributed by atoms with E-state index in [1.54, 1.807) is 26.0 Å². The Bertz CT molecular complexity index is 444. The van der Waals surface area contributed by atoms with Crippen molar-refractivity contribution in [2.45, 2.75) is 20.3 Å². The van der Waals surface area contributed by atoms with Gasteiger partial charge in [-0.3, -0.25) is 10.1 Å². The highest BCUT2D eigenvalue weighted by atomic mass is 16.6. The van der Waals surface area contributed by atoms with Gasteiger partial charge >= 0.3 is 0 Å². The molecule has 1 rings (SSSR count). The van der Waals surface area contributed by atoms with Crippen molar-refractivity contribution in [3.63, 3.8) is 0 Å². The lowest BCUT2D eigenvalue weighted by molar-refractivity contribution is -0.385. The number of anilines is 1. The first-order chi connectivity index (χ1) is 7.65. The standard InChI is InChI=1S/C12H14N2O2/c1-3-4-5-8-13-11-6-7-12(14(15)16)10(2)9-11/h6-7,9,13H,5,8H2,1-2H3. The average molecular weight is 218 g/mol. The number of rotatable bonds is 4. The van der Waals surface area contributed by atoms with Gasteiger partial charge in [-0.1, -0.05) is 0 Å². The lowest BCUT2D eigenvalue weighted by Gasteiger charge is -2.05. The van der Waals surface area contributed by atoms with E-state index in [1.165, 1.54) is 6.07 Å². The van der Waals surface area contributed by atoms with Crippen LogP contribution < -0.4 is 5.32 Å². The molecular formula is C12H14N2O2. The number of nitro groups is 1. The van der Waals surface area contributed by atoms with E-state index in [0.29, 0.717) is 5.56 Å². The molecule has 0 bridgehead atoms. The van der Waals surface area contributed by atoms with E-state index in [1.807, 2.05) is 0 Å². The van der Waals surface area contributed by atoms with Crippen molar-refractivity contribution >= 4 is 11.4 Å². The van der Waals surface area contributed by atoms with Crippen LogP contribution in [0.1, 0.15) is 18.9 Å². The highest BCUT2D eigenvalue weighted by Crippen LogP contribution is 2.21. The molecule has 0 aromatic heterocycles. The van der Waals surface area contributed by atoms with Crippen molar-refractivity contribution in [1.29, 1.82) is 0 Å². The number of hydrogen-bond donors (Lipinski definition) is 1. The Kier molecular flexibility index (Phi) is 4.34. The van der Waals surface area contributed by atoms with E-state index in [4.69, 9.17) is 0 Å². The first-order valence-electron chi connectivity index (χ1n) is 5.03. The fourth-order valence-corrected chi connectivity index (χ4v) is 1.36. The lowest BCUT2D eigenvalue weighted by Crippen LogP contribution is -2.01. The van der Waals surface area contributed by atoms with Gasteiger partial charge in [0.1, 0.15) is 0 Å². The predicted octanol–water partition coefficient (Wildman–Crippen LogP) is 2.73. The van der Waals surface area contributed by atoms with Crippen molar-refractivity contribution in [2.75, 3.05) is 11.9 Å². The SMILES string of the molecule is CC#CCCNc1ccc([N+](=O)[O-])c(C)c1. The summed E-state index contributed by atoms with van der Waals surface area (Å²) in [4.78, 5) is 10.2. The van der Waals surface area contributed by atoms with E-state index >= 15 is 0 Å². The summed E-state index contributed by atoms with van der Waals surface area (Å²) in [6.07, 6.45) is 0.770. The molecule has 4 nitrogen and oxygen atoms in total. The zero-order chi connectivity index (χ0) is 12.0. The smallest absolute Gasteiger partial charge is 0.272 e. The van der Waals surface area contributed by atoms with Crippen LogP contribution in [0.3, 0.4) is 0 Å². The highest BCUT2D eigenvalue weighted by Gasteiger charge is 2.09. The summed E-state index contributed by atoms with van der Waals surface area (Å²) in [6, 6.07) is 5.01. The Hall–Kier alpha value is -2.02. The molecule has 0 atom stereocenters. The third-order valence-electron chi connectivity index (χ3n) is 2.15. The minimum absolute atomic E-state index is 0.152. The van der Waals surface area contributed by atoms with Crippen LogP contribution in [0.4, 0.5) is 11.4 Å². The molecule has 0 aliphatic carbocycles. The van der Waals surface area contributed by atoms with Crippen LogP contribution in [0.2, 0.25) is 0 Å². The molecule has 0 saturated carbocycles. The second-order valence-corrected chi connectivity index (χ2v) is 3.36. The molecule has 4 heteroatoms. The van der Waals surface area contributed by atoms with Gasteiger partial charge in [-0.15, -0.1) is 11.8 Å². The Morgan fingerprint density at radius 2 is 2.25 bits per heavy atom. The van der Waals surface area contributed by atoms with Gasteiger partial charge in [-0.2, -0.15) is 0 Å². The number of benzene rings is 1. The molecule has 0 radical (unpaired) electrons.